The zero-order valence-corrected chi connectivity index (χ0v) is 11.4. The van der Waals surface area contributed by atoms with E-state index in [2.05, 4.69) is 10.6 Å². The van der Waals surface area contributed by atoms with Gasteiger partial charge in [-0.2, -0.15) is 0 Å². The minimum Gasteiger partial charge on any atom is -0.348 e. The Morgan fingerprint density at radius 2 is 2.06 bits per heavy atom. The maximum Gasteiger partial charge on any atom is 0.240 e. The van der Waals surface area contributed by atoms with E-state index >= 15 is 0 Å². The minimum atomic E-state index is -0.577. The van der Waals surface area contributed by atoms with Crippen LogP contribution in [0.1, 0.15) is 32.4 Å². The second kappa shape index (κ2) is 5.52. The standard InChI is InChI=1S/C13H19ClN2O/c1-9(10-6-5-7-11(14)8-10)16-12(17)13(2,3)15-4/h5-9,15H,1-4H3,(H,16,17). The maximum atomic E-state index is 12.0. The number of rotatable bonds is 4. The monoisotopic (exact) mass is 254 g/mol. The molecule has 0 aliphatic heterocycles. The third-order valence-electron chi connectivity index (χ3n) is 2.89. The van der Waals surface area contributed by atoms with Gasteiger partial charge in [-0.05, 0) is 45.5 Å². The molecule has 1 atom stereocenters. The van der Waals surface area contributed by atoms with Gasteiger partial charge in [-0.15, -0.1) is 0 Å². The number of hydrogen-bond acceptors (Lipinski definition) is 2. The summed E-state index contributed by atoms with van der Waals surface area (Å²) in [6.07, 6.45) is 0. The van der Waals surface area contributed by atoms with Gasteiger partial charge < -0.3 is 10.6 Å². The fraction of sp³-hybridized carbons (Fsp3) is 0.462. The van der Waals surface area contributed by atoms with Crippen LogP contribution in [0, 0.1) is 0 Å². The molecule has 3 nitrogen and oxygen atoms in total. The summed E-state index contributed by atoms with van der Waals surface area (Å²) in [4.78, 5) is 12.0. The average Bonchev–Trinajstić information content (AvgIpc) is 2.28. The first-order chi connectivity index (χ1) is 7.86. The summed E-state index contributed by atoms with van der Waals surface area (Å²) in [6, 6.07) is 7.44. The highest BCUT2D eigenvalue weighted by Gasteiger charge is 2.26. The van der Waals surface area contributed by atoms with Gasteiger partial charge in [-0.25, -0.2) is 0 Å². The highest BCUT2D eigenvalue weighted by molar-refractivity contribution is 6.30. The molecule has 17 heavy (non-hydrogen) atoms. The number of carbonyl (C=O) groups excluding carboxylic acids is 1. The van der Waals surface area contributed by atoms with E-state index in [9.17, 15) is 4.79 Å². The summed E-state index contributed by atoms with van der Waals surface area (Å²) in [7, 11) is 1.77. The van der Waals surface area contributed by atoms with Crippen molar-refractivity contribution in [2.45, 2.75) is 32.4 Å². The highest BCUT2D eigenvalue weighted by Crippen LogP contribution is 2.18. The molecule has 1 rings (SSSR count). The Bertz CT molecular complexity index is 404. The summed E-state index contributed by atoms with van der Waals surface area (Å²) in [5.41, 5.74) is 0.421. The van der Waals surface area contributed by atoms with Crippen molar-refractivity contribution in [2.24, 2.45) is 0 Å². The van der Waals surface area contributed by atoms with Gasteiger partial charge in [-0.3, -0.25) is 4.79 Å². The van der Waals surface area contributed by atoms with Crippen LogP contribution in [0.25, 0.3) is 0 Å². The highest BCUT2D eigenvalue weighted by atomic mass is 35.5. The second-order valence-electron chi connectivity index (χ2n) is 4.63. The van der Waals surface area contributed by atoms with Crippen molar-refractivity contribution in [3.05, 3.63) is 34.9 Å². The van der Waals surface area contributed by atoms with E-state index in [0.717, 1.165) is 5.56 Å². The molecule has 4 heteroatoms. The molecule has 1 amide bonds. The number of carbonyl (C=O) groups is 1. The smallest absolute Gasteiger partial charge is 0.240 e. The van der Waals surface area contributed by atoms with Crippen LogP contribution >= 0.6 is 11.6 Å². The topological polar surface area (TPSA) is 41.1 Å². The van der Waals surface area contributed by atoms with Crippen LogP contribution in [0.15, 0.2) is 24.3 Å². The molecule has 1 aromatic carbocycles. The van der Waals surface area contributed by atoms with Crippen molar-refractivity contribution < 1.29 is 4.79 Å². The first-order valence-corrected chi connectivity index (χ1v) is 6.00. The lowest BCUT2D eigenvalue weighted by molar-refractivity contribution is -0.126. The molecule has 0 aromatic heterocycles. The van der Waals surface area contributed by atoms with Crippen molar-refractivity contribution in [1.29, 1.82) is 0 Å². The molecular weight excluding hydrogens is 236 g/mol. The predicted molar refractivity (Wildman–Crippen MR) is 71.1 cm³/mol. The summed E-state index contributed by atoms with van der Waals surface area (Å²) >= 11 is 5.92. The van der Waals surface area contributed by atoms with Crippen molar-refractivity contribution in [1.82, 2.24) is 10.6 Å². The Labute approximate surface area is 108 Å². The largest absolute Gasteiger partial charge is 0.348 e. The van der Waals surface area contributed by atoms with Crippen molar-refractivity contribution in [3.63, 3.8) is 0 Å². The van der Waals surface area contributed by atoms with Crippen LogP contribution in [0.3, 0.4) is 0 Å². The van der Waals surface area contributed by atoms with Crippen molar-refractivity contribution >= 4 is 17.5 Å². The molecule has 94 valence electrons. The lowest BCUT2D eigenvalue weighted by Crippen LogP contribution is -2.51. The van der Waals surface area contributed by atoms with E-state index in [0.29, 0.717) is 5.02 Å². The summed E-state index contributed by atoms with van der Waals surface area (Å²) in [5, 5.41) is 6.60. The molecule has 0 bridgehead atoms. The predicted octanol–water partition coefficient (Wildman–Crippen LogP) is 2.52. The van der Waals surface area contributed by atoms with Crippen LogP contribution in [0.4, 0.5) is 0 Å². The van der Waals surface area contributed by atoms with Crippen LogP contribution in [0.2, 0.25) is 5.02 Å². The Kier molecular flexibility index (Phi) is 4.54. The van der Waals surface area contributed by atoms with Crippen molar-refractivity contribution in [3.8, 4) is 0 Å². The molecule has 1 unspecified atom stereocenters. The number of nitrogens with one attached hydrogen (secondary N) is 2. The van der Waals surface area contributed by atoms with E-state index < -0.39 is 5.54 Å². The number of likely N-dealkylation sites (N-methyl/N-ethyl adjacent to an activating group) is 1. The molecule has 0 saturated carbocycles. The zero-order chi connectivity index (χ0) is 13.1. The van der Waals surface area contributed by atoms with Crippen LogP contribution < -0.4 is 10.6 Å². The Hall–Kier alpha value is -1.06. The van der Waals surface area contributed by atoms with Crippen LogP contribution in [-0.4, -0.2) is 18.5 Å². The Morgan fingerprint density at radius 3 is 2.59 bits per heavy atom. The molecule has 0 heterocycles. The van der Waals surface area contributed by atoms with Crippen LogP contribution in [-0.2, 0) is 4.79 Å². The SMILES string of the molecule is CNC(C)(C)C(=O)NC(C)c1cccc(Cl)c1. The molecule has 1 aromatic rings. The summed E-state index contributed by atoms with van der Waals surface area (Å²) in [6.45, 7) is 5.62. The normalized spacial score (nSPS) is 13.2. The minimum absolute atomic E-state index is 0.0347. The van der Waals surface area contributed by atoms with Gasteiger partial charge in [0, 0.05) is 5.02 Å². The molecule has 0 aliphatic carbocycles. The number of halogens is 1. The number of benzene rings is 1. The molecule has 0 fully saturated rings. The maximum absolute atomic E-state index is 12.0. The Morgan fingerprint density at radius 1 is 1.41 bits per heavy atom. The van der Waals surface area contributed by atoms with E-state index in [1.165, 1.54) is 0 Å². The molecule has 0 saturated heterocycles. The van der Waals surface area contributed by atoms with Gasteiger partial charge in [0.15, 0.2) is 0 Å². The van der Waals surface area contributed by atoms with E-state index in [4.69, 9.17) is 11.6 Å². The number of amides is 1. The zero-order valence-electron chi connectivity index (χ0n) is 10.7. The third kappa shape index (κ3) is 3.72. The first kappa shape index (κ1) is 14.0. The molecular formula is C13H19ClN2O. The van der Waals surface area contributed by atoms with E-state index in [-0.39, 0.29) is 11.9 Å². The Balaban J connectivity index is 2.73. The second-order valence-corrected chi connectivity index (χ2v) is 5.06. The van der Waals surface area contributed by atoms with E-state index in [1.807, 2.05) is 45.0 Å². The van der Waals surface area contributed by atoms with Crippen LogP contribution in [0.5, 0.6) is 0 Å². The summed E-state index contributed by atoms with van der Waals surface area (Å²) in [5.74, 6) is -0.0347. The van der Waals surface area contributed by atoms with Gasteiger partial charge in [-0.1, -0.05) is 23.7 Å². The van der Waals surface area contributed by atoms with Gasteiger partial charge >= 0.3 is 0 Å². The lowest BCUT2D eigenvalue weighted by Gasteiger charge is -2.25. The van der Waals surface area contributed by atoms with Gasteiger partial charge in [0.2, 0.25) is 5.91 Å². The van der Waals surface area contributed by atoms with Crippen molar-refractivity contribution in [2.75, 3.05) is 7.05 Å². The van der Waals surface area contributed by atoms with E-state index in [1.54, 1.807) is 7.05 Å². The molecule has 2 N–H and O–H groups in total. The first-order valence-electron chi connectivity index (χ1n) is 5.62. The van der Waals surface area contributed by atoms with Gasteiger partial charge in [0.05, 0.1) is 11.6 Å². The molecule has 0 aliphatic rings. The van der Waals surface area contributed by atoms with Gasteiger partial charge in [0.25, 0.3) is 0 Å². The lowest BCUT2D eigenvalue weighted by atomic mass is 10.0. The quantitative estimate of drug-likeness (QED) is 0.867. The number of hydrogen-bond donors (Lipinski definition) is 2. The molecule has 0 spiro atoms. The average molecular weight is 255 g/mol. The fourth-order valence-corrected chi connectivity index (χ4v) is 1.55. The fourth-order valence-electron chi connectivity index (χ4n) is 1.35. The molecule has 0 radical (unpaired) electrons. The van der Waals surface area contributed by atoms with Gasteiger partial charge in [0.1, 0.15) is 0 Å². The summed E-state index contributed by atoms with van der Waals surface area (Å²) < 4.78 is 0. The third-order valence-corrected chi connectivity index (χ3v) is 3.12.